The summed E-state index contributed by atoms with van der Waals surface area (Å²) in [6.45, 7) is 1.80. The summed E-state index contributed by atoms with van der Waals surface area (Å²) in [5.74, 6) is -0.922. The number of rotatable bonds is 6. The fourth-order valence-corrected chi connectivity index (χ4v) is 5.35. The fraction of sp³-hybridized carbons (Fsp3) is 0.167. The molecule has 0 spiro atoms. The molecule has 0 aliphatic rings. The van der Waals surface area contributed by atoms with Gasteiger partial charge in [0.25, 0.3) is 0 Å². The third-order valence-corrected chi connectivity index (χ3v) is 7.12. The minimum Gasteiger partial charge on any atom is -0.467 e. The van der Waals surface area contributed by atoms with Crippen molar-refractivity contribution in [2.75, 3.05) is 7.11 Å². The number of pyridine rings is 1. The second-order valence-corrected chi connectivity index (χ2v) is 9.25. The summed E-state index contributed by atoms with van der Waals surface area (Å²) in [6, 6.07) is 16.5. The Balaban J connectivity index is 1.84. The van der Waals surface area contributed by atoms with Gasteiger partial charge in [0.1, 0.15) is 11.9 Å². The van der Waals surface area contributed by atoms with Crippen LogP contribution in [0.3, 0.4) is 0 Å². The van der Waals surface area contributed by atoms with Gasteiger partial charge < -0.3 is 9.30 Å². The molecule has 0 aliphatic heterocycles. The lowest BCUT2D eigenvalue weighted by Crippen LogP contribution is -2.25. The monoisotopic (exact) mass is 452 g/mol. The third-order valence-electron chi connectivity index (χ3n) is 5.35. The number of benzene rings is 2. The van der Waals surface area contributed by atoms with Crippen molar-refractivity contribution in [3.63, 3.8) is 0 Å². The zero-order valence-electron chi connectivity index (χ0n) is 17.5. The zero-order chi connectivity index (χ0) is 22.9. The van der Waals surface area contributed by atoms with E-state index in [0.29, 0.717) is 16.5 Å². The van der Waals surface area contributed by atoms with Crippen LogP contribution in [-0.4, -0.2) is 31.0 Å². The van der Waals surface area contributed by atoms with Crippen molar-refractivity contribution in [1.29, 1.82) is 0 Å². The van der Waals surface area contributed by atoms with Crippen LogP contribution in [0.2, 0.25) is 0 Å². The summed E-state index contributed by atoms with van der Waals surface area (Å²) in [4.78, 5) is 17.1. The molecule has 164 valence electrons. The van der Waals surface area contributed by atoms with Gasteiger partial charge in [-0.25, -0.2) is 22.6 Å². The summed E-state index contributed by atoms with van der Waals surface area (Å²) in [5.41, 5.74) is 1.75. The number of methoxy groups -OCH3 is 1. The Morgan fingerprint density at radius 1 is 1.09 bits per heavy atom. The molecule has 6 nitrogen and oxygen atoms in total. The van der Waals surface area contributed by atoms with E-state index in [0.717, 1.165) is 5.69 Å². The van der Waals surface area contributed by atoms with E-state index in [4.69, 9.17) is 4.74 Å². The third kappa shape index (κ3) is 3.89. The molecule has 0 amide bonds. The highest BCUT2D eigenvalue weighted by Crippen LogP contribution is 2.30. The number of carbonyl (C=O) groups excluding carboxylic acids is 1. The van der Waals surface area contributed by atoms with E-state index < -0.39 is 21.8 Å². The summed E-state index contributed by atoms with van der Waals surface area (Å²) >= 11 is 0. The number of ether oxygens (including phenoxy) is 1. The van der Waals surface area contributed by atoms with Crippen LogP contribution in [0.25, 0.3) is 10.9 Å². The molecule has 0 aliphatic carbocycles. The van der Waals surface area contributed by atoms with E-state index in [-0.39, 0.29) is 22.2 Å². The van der Waals surface area contributed by atoms with Gasteiger partial charge in [0.2, 0.25) is 9.84 Å². The molecule has 4 rings (SSSR count). The lowest BCUT2D eigenvalue weighted by Gasteiger charge is -2.21. The van der Waals surface area contributed by atoms with Gasteiger partial charge in [-0.1, -0.05) is 24.3 Å². The van der Waals surface area contributed by atoms with Gasteiger partial charge in [0.05, 0.1) is 12.0 Å². The van der Waals surface area contributed by atoms with Gasteiger partial charge in [-0.05, 0) is 55.0 Å². The summed E-state index contributed by atoms with van der Waals surface area (Å²) in [7, 11) is -2.62. The Kier molecular flexibility index (Phi) is 5.80. The largest absolute Gasteiger partial charge is 0.467 e. The predicted octanol–water partition coefficient (Wildman–Crippen LogP) is 4.27. The van der Waals surface area contributed by atoms with Crippen molar-refractivity contribution in [1.82, 2.24) is 9.55 Å². The Morgan fingerprint density at radius 3 is 2.56 bits per heavy atom. The number of carbonyl (C=O) groups is 1. The molecule has 0 radical (unpaired) electrons. The first-order chi connectivity index (χ1) is 15.3. The Hall–Kier alpha value is -3.52. The number of hydrogen-bond acceptors (Lipinski definition) is 5. The van der Waals surface area contributed by atoms with Gasteiger partial charge >= 0.3 is 5.97 Å². The van der Waals surface area contributed by atoms with E-state index in [1.54, 1.807) is 54.0 Å². The maximum absolute atomic E-state index is 13.7. The quantitative estimate of drug-likeness (QED) is 0.408. The molecule has 0 saturated carbocycles. The molecular weight excluding hydrogens is 431 g/mol. The molecule has 2 aromatic carbocycles. The molecule has 4 aromatic rings. The molecule has 2 aromatic heterocycles. The Bertz CT molecular complexity index is 1400. The number of esters is 1. The number of aryl methyl sites for hydroxylation is 1. The Labute approximate surface area is 185 Å². The van der Waals surface area contributed by atoms with Crippen LogP contribution in [0, 0.1) is 12.7 Å². The van der Waals surface area contributed by atoms with Crippen LogP contribution in [-0.2, 0) is 25.8 Å². The highest BCUT2D eigenvalue weighted by molar-refractivity contribution is 7.91. The van der Waals surface area contributed by atoms with Crippen molar-refractivity contribution >= 4 is 26.7 Å². The summed E-state index contributed by atoms with van der Waals surface area (Å²) in [6.07, 6.45) is 1.44. The van der Waals surface area contributed by atoms with E-state index in [2.05, 4.69) is 4.98 Å². The van der Waals surface area contributed by atoms with Gasteiger partial charge in [0, 0.05) is 29.2 Å². The van der Waals surface area contributed by atoms with E-state index in [9.17, 15) is 17.6 Å². The first-order valence-corrected chi connectivity index (χ1v) is 11.4. The average Bonchev–Trinajstić information content (AvgIpc) is 3.12. The topological polar surface area (TPSA) is 78.3 Å². The predicted molar refractivity (Wildman–Crippen MR) is 118 cm³/mol. The lowest BCUT2D eigenvalue weighted by molar-refractivity contribution is -0.144. The number of halogens is 1. The molecule has 8 heteroatoms. The van der Waals surface area contributed by atoms with E-state index in [1.807, 2.05) is 0 Å². The molecule has 0 saturated heterocycles. The smallest absolute Gasteiger partial charge is 0.329 e. The minimum atomic E-state index is -3.90. The second kappa shape index (κ2) is 8.55. The van der Waals surface area contributed by atoms with Crippen LogP contribution in [0.4, 0.5) is 4.39 Å². The Morgan fingerprint density at radius 2 is 1.84 bits per heavy atom. The maximum Gasteiger partial charge on any atom is 0.329 e. The van der Waals surface area contributed by atoms with Crippen LogP contribution in [0.15, 0.2) is 82.8 Å². The standard InChI is InChI=1S/C24H21FN2O4S/c1-16-13-18-14-19(25)10-11-21(18)27(16)22(24(28)31-2)15-17-7-6-12-26-23(17)32(29,30)20-8-4-3-5-9-20/h3-14,22H,15H2,1-2H3. The number of sulfone groups is 1. The minimum absolute atomic E-state index is 0.0317. The maximum atomic E-state index is 13.7. The summed E-state index contributed by atoms with van der Waals surface area (Å²) in [5, 5.41) is 0.528. The highest BCUT2D eigenvalue weighted by Gasteiger charge is 2.29. The molecule has 2 heterocycles. The molecular formula is C24H21FN2O4S. The van der Waals surface area contributed by atoms with E-state index in [1.165, 1.54) is 37.6 Å². The second-order valence-electron chi connectivity index (χ2n) is 7.39. The molecule has 0 bridgehead atoms. The molecule has 1 atom stereocenters. The van der Waals surface area contributed by atoms with Crippen LogP contribution < -0.4 is 0 Å². The number of aromatic nitrogens is 2. The van der Waals surface area contributed by atoms with Crippen molar-refractivity contribution < 1.29 is 22.3 Å². The van der Waals surface area contributed by atoms with Gasteiger partial charge in [-0.3, -0.25) is 0 Å². The van der Waals surface area contributed by atoms with Gasteiger partial charge in [-0.2, -0.15) is 0 Å². The number of hydrogen-bond donors (Lipinski definition) is 0. The molecule has 0 N–H and O–H groups in total. The van der Waals surface area contributed by atoms with Crippen LogP contribution in [0.1, 0.15) is 17.3 Å². The zero-order valence-corrected chi connectivity index (χ0v) is 18.3. The molecule has 1 unspecified atom stereocenters. The van der Waals surface area contributed by atoms with Crippen molar-refractivity contribution in [3.05, 3.63) is 90.0 Å². The first-order valence-electron chi connectivity index (χ1n) is 9.92. The first kappa shape index (κ1) is 21.7. The van der Waals surface area contributed by atoms with Crippen molar-refractivity contribution in [2.45, 2.75) is 29.3 Å². The molecule has 32 heavy (non-hydrogen) atoms. The lowest BCUT2D eigenvalue weighted by atomic mass is 10.1. The van der Waals surface area contributed by atoms with Crippen LogP contribution in [0.5, 0.6) is 0 Å². The van der Waals surface area contributed by atoms with Crippen molar-refractivity contribution in [2.24, 2.45) is 0 Å². The SMILES string of the molecule is COC(=O)C(Cc1cccnc1S(=O)(=O)c1ccccc1)n1c(C)cc2cc(F)ccc21. The summed E-state index contributed by atoms with van der Waals surface area (Å²) < 4.78 is 47.0. The number of fused-ring (bicyclic) bond motifs is 1. The van der Waals surface area contributed by atoms with Gasteiger partial charge in [-0.15, -0.1) is 0 Å². The van der Waals surface area contributed by atoms with Crippen LogP contribution >= 0.6 is 0 Å². The number of nitrogens with zero attached hydrogens (tertiary/aromatic N) is 2. The van der Waals surface area contributed by atoms with E-state index >= 15 is 0 Å². The average molecular weight is 453 g/mol. The van der Waals surface area contributed by atoms with Crippen molar-refractivity contribution in [3.8, 4) is 0 Å². The molecule has 0 fully saturated rings. The van der Waals surface area contributed by atoms with Gasteiger partial charge in [0.15, 0.2) is 5.03 Å². The highest BCUT2D eigenvalue weighted by atomic mass is 32.2. The fourth-order valence-electron chi connectivity index (χ4n) is 3.92. The normalized spacial score (nSPS) is 12.6.